The largest absolute Gasteiger partial charge is 0.469 e. The van der Waals surface area contributed by atoms with Crippen molar-refractivity contribution in [3.63, 3.8) is 0 Å². The maximum Gasteiger partial charge on any atom is 0.191 e. The fourth-order valence-corrected chi connectivity index (χ4v) is 2.93. The third kappa shape index (κ3) is 6.17. The van der Waals surface area contributed by atoms with Crippen LogP contribution >= 0.6 is 0 Å². The van der Waals surface area contributed by atoms with Crippen LogP contribution in [0.25, 0.3) is 0 Å². The highest BCUT2D eigenvalue weighted by Crippen LogP contribution is 2.44. The van der Waals surface area contributed by atoms with Crippen molar-refractivity contribution in [1.29, 1.82) is 0 Å². The van der Waals surface area contributed by atoms with Crippen LogP contribution in [0.5, 0.6) is 0 Å². The zero-order valence-electron chi connectivity index (χ0n) is 15.0. The molecule has 1 aromatic rings. The van der Waals surface area contributed by atoms with Crippen molar-refractivity contribution in [2.45, 2.75) is 32.1 Å². The van der Waals surface area contributed by atoms with Crippen molar-refractivity contribution in [3.8, 4) is 0 Å². The zero-order chi connectivity index (χ0) is 17.1. The van der Waals surface area contributed by atoms with Gasteiger partial charge in [0, 0.05) is 46.9 Å². The molecule has 0 amide bonds. The fourth-order valence-electron chi connectivity index (χ4n) is 2.93. The summed E-state index contributed by atoms with van der Waals surface area (Å²) >= 11 is 0. The SMILES string of the molecule is COCCNC(=NCC1(CCOC)CCC1)NCCc1ccco1. The van der Waals surface area contributed by atoms with E-state index < -0.39 is 0 Å². The van der Waals surface area contributed by atoms with Crippen LogP contribution in [0.2, 0.25) is 0 Å². The molecule has 0 aliphatic heterocycles. The van der Waals surface area contributed by atoms with E-state index in [-0.39, 0.29) is 0 Å². The highest BCUT2D eigenvalue weighted by molar-refractivity contribution is 5.79. The van der Waals surface area contributed by atoms with Crippen molar-refractivity contribution < 1.29 is 13.9 Å². The van der Waals surface area contributed by atoms with Crippen molar-refractivity contribution in [3.05, 3.63) is 24.2 Å². The molecule has 1 aliphatic carbocycles. The van der Waals surface area contributed by atoms with E-state index in [9.17, 15) is 0 Å². The molecule has 1 saturated carbocycles. The van der Waals surface area contributed by atoms with E-state index in [1.54, 1.807) is 20.5 Å². The Morgan fingerprint density at radius 1 is 1.21 bits per heavy atom. The van der Waals surface area contributed by atoms with Gasteiger partial charge in [0.15, 0.2) is 5.96 Å². The Hall–Kier alpha value is -1.53. The lowest BCUT2D eigenvalue weighted by Gasteiger charge is -2.40. The van der Waals surface area contributed by atoms with E-state index in [1.807, 2.05) is 12.1 Å². The van der Waals surface area contributed by atoms with Gasteiger partial charge in [-0.1, -0.05) is 6.42 Å². The molecule has 0 aromatic carbocycles. The van der Waals surface area contributed by atoms with Crippen LogP contribution in [0.1, 0.15) is 31.4 Å². The number of hydrogen-bond acceptors (Lipinski definition) is 4. The summed E-state index contributed by atoms with van der Waals surface area (Å²) in [6.07, 6.45) is 7.43. The van der Waals surface area contributed by atoms with Crippen LogP contribution in [0.3, 0.4) is 0 Å². The summed E-state index contributed by atoms with van der Waals surface area (Å²) in [5.41, 5.74) is 0.326. The van der Waals surface area contributed by atoms with Crippen LogP contribution < -0.4 is 10.6 Å². The molecule has 136 valence electrons. The molecule has 24 heavy (non-hydrogen) atoms. The first-order valence-corrected chi connectivity index (χ1v) is 8.80. The van der Waals surface area contributed by atoms with Crippen LogP contribution in [-0.4, -0.2) is 53.0 Å². The molecule has 2 N–H and O–H groups in total. The monoisotopic (exact) mass is 337 g/mol. The topological polar surface area (TPSA) is 68.0 Å². The molecule has 0 spiro atoms. The smallest absolute Gasteiger partial charge is 0.191 e. The molecule has 1 fully saturated rings. The molecular weight excluding hydrogens is 306 g/mol. The first kappa shape index (κ1) is 18.8. The number of methoxy groups -OCH3 is 2. The number of furan rings is 1. The third-order valence-corrected chi connectivity index (χ3v) is 4.67. The number of nitrogens with one attached hydrogen (secondary N) is 2. The van der Waals surface area contributed by atoms with Gasteiger partial charge < -0.3 is 24.5 Å². The van der Waals surface area contributed by atoms with E-state index in [2.05, 4.69) is 10.6 Å². The first-order valence-electron chi connectivity index (χ1n) is 8.80. The first-order chi connectivity index (χ1) is 11.8. The number of nitrogens with zero attached hydrogens (tertiary/aromatic N) is 1. The maximum atomic E-state index is 5.36. The second kappa shape index (κ2) is 10.4. The highest BCUT2D eigenvalue weighted by Gasteiger charge is 2.36. The van der Waals surface area contributed by atoms with Gasteiger partial charge in [-0.2, -0.15) is 0 Å². The number of rotatable bonds is 11. The third-order valence-electron chi connectivity index (χ3n) is 4.67. The van der Waals surface area contributed by atoms with Crippen LogP contribution in [0.15, 0.2) is 27.8 Å². The average molecular weight is 337 g/mol. The van der Waals surface area contributed by atoms with Crippen molar-refractivity contribution >= 4 is 5.96 Å². The molecule has 0 radical (unpaired) electrons. The minimum atomic E-state index is 0.326. The summed E-state index contributed by atoms with van der Waals surface area (Å²) in [7, 11) is 3.47. The van der Waals surface area contributed by atoms with Crippen LogP contribution in [-0.2, 0) is 15.9 Å². The lowest BCUT2D eigenvalue weighted by Crippen LogP contribution is -2.42. The number of guanidine groups is 1. The van der Waals surface area contributed by atoms with E-state index in [1.165, 1.54) is 19.3 Å². The molecule has 6 nitrogen and oxygen atoms in total. The Labute approximate surface area is 145 Å². The Balaban J connectivity index is 1.83. The molecule has 1 aliphatic rings. The van der Waals surface area contributed by atoms with Crippen LogP contribution in [0.4, 0.5) is 0 Å². The van der Waals surface area contributed by atoms with Crippen molar-refractivity contribution in [1.82, 2.24) is 10.6 Å². The highest BCUT2D eigenvalue weighted by atomic mass is 16.5. The molecular formula is C18H31N3O3. The van der Waals surface area contributed by atoms with Gasteiger partial charge in [0.05, 0.1) is 12.9 Å². The number of ether oxygens (including phenoxy) is 2. The molecule has 0 unspecified atom stereocenters. The summed E-state index contributed by atoms with van der Waals surface area (Å²) in [6, 6.07) is 3.91. The van der Waals surface area contributed by atoms with Gasteiger partial charge in [-0.05, 0) is 36.8 Å². The summed E-state index contributed by atoms with van der Waals surface area (Å²) in [5.74, 6) is 1.83. The normalized spacial score (nSPS) is 16.7. The lowest BCUT2D eigenvalue weighted by molar-refractivity contribution is 0.0778. The van der Waals surface area contributed by atoms with Gasteiger partial charge in [-0.3, -0.25) is 4.99 Å². The molecule has 1 aromatic heterocycles. The lowest BCUT2D eigenvalue weighted by atomic mass is 9.67. The zero-order valence-corrected chi connectivity index (χ0v) is 15.0. The van der Waals surface area contributed by atoms with Crippen molar-refractivity contribution in [2.24, 2.45) is 10.4 Å². The number of hydrogen-bond donors (Lipinski definition) is 2. The van der Waals surface area contributed by atoms with Gasteiger partial charge in [-0.15, -0.1) is 0 Å². The number of aliphatic imine (C=N–C) groups is 1. The minimum Gasteiger partial charge on any atom is -0.469 e. The summed E-state index contributed by atoms with van der Waals surface area (Å²) < 4.78 is 15.7. The maximum absolute atomic E-state index is 5.36. The summed E-state index contributed by atoms with van der Waals surface area (Å²) in [4.78, 5) is 4.81. The predicted octanol–water partition coefficient (Wildman–Crippen LogP) is 2.21. The average Bonchev–Trinajstić information content (AvgIpc) is 3.06. The van der Waals surface area contributed by atoms with Gasteiger partial charge in [0.25, 0.3) is 0 Å². The second-order valence-electron chi connectivity index (χ2n) is 6.44. The van der Waals surface area contributed by atoms with Gasteiger partial charge in [0.1, 0.15) is 5.76 Å². The summed E-state index contributed by atoms with van der Waals surface area (Å²) in [5, 5.41) is 6.72. The van der Waals surface area contributed by atoms with Crippen LogP contribution in [0, 0.1) is 5.41 Å². The van der Waals surface area contributed by atoms with Crippen molar-refractivity contribution in [2.75, 3.05) is 47.1 Å². The van der Waals surface area contributed by atoms with E-state index in [0.29, 0.717) is 12.0 Å². The molecule has 6 heteroatoms. The van der Waals surface area contributed by atoms with Gasteiger partial charge >= 0.3 is 0 Å². The molecule has 0 atom stereocenters. The Kier molecular flexibility index (Phi) is 8.12. The van der Waals surface area contributed by atoms with E-state index in [0.717, 1.165) is 50.8 Å². The fraction of sp³-hybridized carbons (Fsp3) is 0.722. The minimum absolute atomic E-state index is 0.326. The Bertz CT molecular complexity index is 470. The molecule has 0 saturated heterocycles. The van der Waals surface area contributed by atoms with E-state index >= 15 is 0 Å². The van der Waals surface area contributed by atoms with Gasteiger partial charge in [-0.25, -0.2) is 0 Å². The second-order valence-corrected chi connectivity index (χ2v) is 6.44. The predicted molar refractivity (Wildman–Crippen MR) is 95.4 cm³/mol. The quantitative estimate of drug-likeness (QED) is 0.368. The standard InChI is InChI=1S/C18H31N3O3/c1-22-13-9-18(7-4-8-18)15-21-17(20-11-14-23-2)19-10-6-16-5-3-12-24-16/h3,5,12H,4,6-11,13-15H2,1-2H3,(H2,19,20,21). The summed E-state index contributed by atoms with van der Waals surface area (Å²) in [6.45, 7) is 3.85. The molecule has 0 bridgehead atoms. The Morgan fingerprint density at radius 3 is 2.62 bits per heavy atom. The molecule has 2 rings (SSSR count). The van der Waals surface area contributed by atoms with Gasteiger partial charge in [0.2, 0.25) is 0 Å². The van der Waals surface area contributed by atoms with E-state index in [4.69, 9.17) is 18.9 Å². The Morgan fingerprint density at radius 2 is 2.00 bits per heavy atom. The molecule has 1 heterocycles.